The van der Waals surface area contributed by atoms with E-state index < -0.39 is 0 Å². The van der Waals surface area contributed by atoms with Crippen molar-refractivity contribution >= 4 is 17.5 Å². The summed E-state index contributed by atoms with van der Waals surface area (Å²) in [5, 5.41) is 3.01. The molecule has 0 bridgehead atoms. The third kappa shape index (κ3) is 5.85. The summed E-state index contributed by atoms with van der Waals surface area (Å²) in [5.74, 6) is 0.117. The van der Waals surface area contributed by atoms with Crippen LogP contribution in [0.25, 0.3) is 0 Å². The molecule has 0 saturated carbocycles. The molecule has 138 valence electrons. The lowest BCUT2D eigenvalue weighted by molar-refractivity contribution is -0.862. The molecular formula is C20H32N3O2+. The summed E-state index contributed by atoms with van der Waals surface area (Å²) < 4.78 is 0. The van der Waals surface area contributed by atoms with Crippen LogP contribution in [-0.4, -0.2) is 49.9 Å². The molecule has 0 radical (unpaired) electrons. The maximum Gasteiger partial charge on any atom is 0.279 e. The number of carbonyl (C=O) groups excluding carboxylic acids is 2. The molecule has 0 aliphatic carbocycles. The van der Waals surface area contributed by atoms with Crippen molar-refractivity contribution in [2.45, 2.75) is 46.5 Å². The van der Waals surface area contributed by atoms with E-state index in [-0.39, 0.29) is 11.8 Å². The Morgan fingerprint density at radius 3 is 2.12 bits per heavy atom. The van der Waals surface area contributed by atoms with E-state index in [4.69, 9.17) is 0 Å². The Morgan fingerprint density at radius 2 is 1.56 bits per heavy atom. The normalized spacial score (nSPS) is 16.2. The van der Waals surface area contributed by atoms with Gasteiger partial charge in [-0.2, -0.15) is 0 Å². The smallest absolute Gasteiger partial charge is 0.279 e. The van der Waals surface area contributed by atoms with Crippen molar-refractivity contribution in [2.75, 3.05) is 38.5 Å². The number of hydrogen-bond acceptors (Lipinski definition) is 2. The van der Waals surface area contributed by atoms with Gasteiger partial charge in [0.25, 0.3) is 11.8 Å². The molecule has 2 N–H and O–H groups in total. The molecule has 2 amide bonds. The molecule has 25 heavy (non-hydrogen) atoms. The highest BCUT2D eigenvalue weighted by molar-refractivity contribution is 5.93. The quantitative estimate of drug-likeness (QED) is 0.848. The largest absolute Gasteiger partial charge is 0.338 e. The fraction of sp³-hybridized carbons (Fsp3) is 0.600. The van der Waals surface area contributed by atoms with Gasteiger partial charge < -0.3 is 15.1 Å². The Hall–Kier alpha value is -1.88. The third-order valence-electron chi connectivity index (χ3n) is 4.82. The SMILES string of the molecule is Cc1cc(C)c(NC(=O)C[NH+](C)CC(=O)N2CCCCCC2)c(C)c1. The van der Waals surface area contributed by atoms with Crippen LogP contribution in [0.1, 0.15) is 42.4 Å². The van der Waals surface area contributed by atoms with E-state index in [1.165, 1.54) is 18.4 Å². The molecule has 1 aliphatic rings. The van der Waals surface area contributed by atoms with Crippen molar-refractivity contribution in [3.63, 3.8) is 0 Å². The number of likely N-dealkylation sites (tertiary alicyclic amines) is 1. The van der Waals surface area contributed by atoms with Gasteiger partial charge in [0, 0.05) is 18.8 Å². The second-order valence-electron chi connectivity index (χ2n) is 7.43. The fourth-order valence-corrected chi connectivity index (χ4v) is 3.59. The first-order chi connectivity index (χ1) is 11.9. The summed E-state index contributed by atoms with van der Waals surface area (Å²) in [7, 11) is 1.91. The summed E-state index contributed by atoms with van der Waals surface area (Å²) in [6, 6.07) is 4.14. The number of carbonyl (C=O) groups is 2. The van der Waals surface area contributed by atoms with E-state index >= 15 is 0 Å². The van der Waals surface area contributed by atoms with Crippen LogP contribution in [-0.2, 0) is 9.59 Å². The first-order valence-corrected chi connectivity index (χ1v) is 9.33. The van der Waals surface area contributed by atoms with Crippen LogP contribution in [0.2, 0.25) is 0 Å². The topological polar surface area (TPSA) is 53.9 Å². The molecule has 5 heteroatoms. The number of rotatable bonds is 5. The van der Waals surface area contributed by atoms with Crippen LogP contribution >= 0.6 is 0 Å². The molecule has 1 fully saturated rings. The van der Waals surface area contributed by atoms with Crippen LogP contribution in [0.15, 0.2) is 12.1 Å². The first kappa shape index (κ1) is 19.4. The lowest BCUT2D eigenvalue weighted by atomic mass is 10.1. The van der Waals surface area contributed by atoms with Crippen LogP contribution in [0.4, 0.5) is 5.69 Å². The zero-order valence-corrected chi connectivity index (χ0v) is 16.1. The van der Waals surface area contributed by atoms with Crippen molar-refractivity contribution in [1.29, 1.82) is 0 Å². The molecule has 1 atom stereocenters. The van der Waals surface area contributed by atoms with Crippen molar-refractivity contribution < 1.29 is 14.5 Å². The van der Waals surface area contributed by atoms with Crippen molar-refractivity contribution in [2.24, 2.45) is 0 Å². The molecule has 2 rings (SSSR count). The average Bonchev–Trinajstić information content (AvgIpc) is 2.79. The Morgan fingerprint density at radius 1 is 1.00 bits per heavy atom. The number of amides is 2. The number of nitrogens with one attached hydrogen (secondary N) is 2. The Balaban J connectivity index is 1.86. The van der Waals surface area contributed by atoms with Crippen LogP contribution in [0, 0.1) is 20.8 Å². The number of quaternary nitrogens is 1. The number of aryl methyl sites for hydroxylation is 3. The maximum atomic E-state index is 12.4. The molecule has 0 aromatic heterocycles. The van der Waals surface area contributed by atoms with Crippen molar-refractivity contribution in [3.8, 4) is 0 Å². The Kier molecular flexibility index (Phi) is 7.00. The molecule has 1 aliphatic heterocycles. The number of anilines is 1. The Bertz CT molecular complexity index is 596. The average molecular weight is 346 g/mol. The summed E-state index contributed by atoms with van der Waals surface area (Å²) in [6.07, 6.45) is 4.61. The van der Waals surface area contributed by atoms with Gasteiger partial charge in [0.15, 0.2) is 13.1 Å². The highest BCUT2D eigenvalue weighted by atomic mass is 16.2. The molecule has 0 spiro atoms. The zero-order valence-electron chi connectivity index (χ0n) is 16.1. The van der Waals surface area contributed by atoms with E-state index in [2.05, 4.69) is 24.4 Å². The monoisotopic (exact) mass is 346 g/mol. The van der Waals surface area contributed by atoms with E-state index in [1.54, 1.807) is 0 Å². The van der Waals surface area contributed by atoms with E-state index in [1.807, 2.05) is 25.8 Å². The minimum atomic E-state index is -0.0452. The van der Waals surface area contributed by atoms with Gasteiger partial charge >= 0.3 is 0 Å². The Labute approximate surface area is 151 Å². The van der Waals surface area contributed by atoms with Gasteiger partial charge in [0.05, 0.1) is 7.05 Å². The summed E-state index contributed by atoms with van der Waals surface area (Å²) in [5.41, 5.74) is 4.23. The highest BCUT2D eigenvalue weighted by Gasteiger charge is 2.21. The van der Waals surface area contributed by atoms with Crippen molar-refractivity contribution in [3.05, 3.63) is 28.8 Å². The van der Waals surface area contributed by atoms with Gasteiger partial charge in [-0.1, -0.05) is 30.5 Å². The second kappa shape index (κ2) is 8.99. The van der Waals surface area contributed by atoms with Gasteiger partial charge in [0.2, 0.25) is 0 Å². The molecule has 1 saturated heterocycles. The molecule has 1 aromatic rings. The summed E-state index contributed by atoms with van der Waals surface area (Å²) in [4.78, 5) is 27.7. The predicted molar refractivity (Wildman–Crippen MR) is 101 cm³/mol. The standard InChI is InChI=1S/C20H31N3O2/c1-15-11-16(2)20(17(3)12-15)21-18(24)13-22(4)14-19(25)23-9-7-5-6-8-10-23/h11-12H,5-10,13-14H2,1-4H3,(H,21,24)/p+1. The number of benzene rings is 1. The van der Waals surface area contributed by atoms with Crippen LogP contribution in [0.3, 0.4) is 0 Å². The minimum Gasteiger partial charge on any atom is -0.338 e. The lowest BCUT2D eigenvalue weighted by Gasteiger charge is -2.22. The first-order valence-electron chi connectivity index (χ1n) is 9.33. The lowest BCUT2D eigenvalue weighted by Crippen LogP contribution is -3.11. The van der Waals surface area contributed by atoms with Gasteiger partial charge in [-0.25, -0.2) is 0 Å². The van der Waals surface area contributed by atoms with Crippen molar-refractivity contribution in [1.82, 2.24) is 4.90 Å². The van der Waals surface area contributed by atoms with Gasteiger partial charge in [-0.15, -0.1) is 0 Å². The molecular weight excluding hydrogens is 314 g/mol. The van der Waals surface area contributed by atoms with E-state index in [9.17, 15) is 9.59 Å². The minimum absolute atomic E-state index is 0.0452. The number of nitrogens with zero attached hydrogens (tertiary/aromatic N) is 1. The molecule has 1 aromatic carbocycles. The molecule has 1 unspecified atom stereocenters. The molecule has 1 heterocycles. The maximum absolute atomic E-state index is 12.4. The predicted octanol–water partition coefficient (Wildman–Crippen LogP) is 1.47. The van der Waals surface area contributed by atoms with Gasteiger partial charge in [0.1, 0.15) is 0 Å². The van der Waals surface area contributed by atoms with Gasteiger partial charge in [-0.05, 0) is 44.7 Å². The third-order valence-corrected chi connectivity index (χ3v) is 4.82. The van der Waals surface area contributed by atoms with Crippen LogP contribution < -0.4 is 10.2 Å². The number of hydrogen-bond donors (Lipinski definition) is 2. The summed E-state index contributed by atoms with van der Waals surface area (Å²) in [6.45, 7) is 8.47. The summed E-state index contributed by atoms with van der Waals surface area (Å²) >= 11 is 0. The van der Waals surface area contributed by atoms with E-state index in [0.717, 1.165) is 47.6 Å². The zero-order chi connectivity index (χ0) is 18.4. The second-order valence-corrected chi connectivity index (χ2v) is 7.43. The fourth-order valence-electron chi connectivity index (χ4n) is 3.59. The van der Waals surface area contributed by atoms with E-state index in [0.29, 0.717) is 13.1 Å². The molecule has 5 nitrogen and oxygen atoms in total. The number of likely N-dealkylation sites (N-methyl/N-ethyl adjacent to an activating group) is 1. The van der Waals surface area contributed by atoms with Crippen LogP contribution in [0.5, 0.6) is 0 Å². The highest BCUT2D eigenvalue weighted by Crippen LogP contribution is 2.21. The van der Waals surface area contributed by atoms with Gasteiger partial charge in [-0.3, -0.25) is 9.59 Å².